The first-order valence-electron chi connectivity index (χ1n) is 4.52. The molecule has 0 saturated carbocycles. The van der Waals surface area contributed by atoms with Gasteiger partial charge < -0.3 is 4.74 Å². The molecule has 8 nitrogen and oxygen atoms in total. The molecule has 8 heteroatoms. The summed E-state index contributed by atoms with van der Waals surface area (Å²) in [6, 6.07) is 0. The zero-order valence-electron chi connectivity index (χ0n) is 8.50. The lowest BCUT2D eigenvalue weighted by Gasteiger charge is -2.21. The summed E-state index contributed by atoms with van der Waals surface area (Å²) in [6.07, 6.45) is -0.0449. The van der Waals surface area contributed by atoms with E-state index in [2.05, 4.69) is 9.84 Å². The maximum absolute atomic E-state index is 11.3. The van der Waals surface area contributed by atoms with Crippen LogP contribution < -0.4 is 0 Å². The van der Waals surface area contributed by atoms with Crippen molar-refractivity contribution in [2.45, 2.75) is 19.8 Å². The second kappa shape index (κ2) is 5.04. The third-order valence-corrected chi connectivity index (χ3v) is 1.78. The van der Waals surface area contributed by atoms with E-state index in [4.69, 9.17) is 0 Å². The molecule has 1 aliphatic rings. The number of amides is 3. The molecular formula is C8H9N3O5. The van der Waals surface area contributed by atoms with Crippen LogP contribution in [-0.2, 0) is 19.1 Å². The Morgan fingerprint density at radius 3 is 2.50 bits per heavy atom. The Morgan fingerprint density at radius 1 is 1.50 bits per heavy atom. The Morgan fingerprint density at radius 2 is 2.06 bits per heavy atom. The van der Waals surface area contributed by atoms with Crippen molar-refractivity contribution in [1.29, 1.82) is 0 Å². The minimum absolute atomic E-state index is 0.0247. The van der Waals surface area contributed by atoms with Crippen molar-refractivity contribution in [2.24, 2.45) is 5.10 Å². The van der Waals surface area contributed by atoms with Crippen LogP contribution in [-0.4, -0.2) is 40.7 Å². The molecule has 1 rings (SSSR count). The van der Waals surface area contributed by atoms with Crippen molar-refractivity contribution in [3.05, 3.63) is 0 Å². The molecule has 0 spiro atoms. The van der Waals surface area contributed by atoms with Gasteiger partial charge in [0.05, 0.1) is 6.61 Å². The molecule has 0 aromatic rings. The predicted octanol–water partition coefficient (Wildman–Crippen LogP) is -0.240. The van der Waals surface area contributed by atoms with Crippen molar-refractivity contribution in [3.8, 4) is 0 Å². The van der Waals surface area contributed by atoms with Gasteiger partial charge >= 0.3 is 6.09 Å². The minimum Gasteiger partial charge on any atom is -0.447 e. The van der Waals surface area contributed by atoms with Gasteiger partial charge in [-0.15, -0.1) is 0 Å². The Labute approximate surface area is 90.4 Å². The lowest BCUT2D eigenvalue weighted by atomic mass is 10.4. The third kappa shape index (κ3) is 2.23. The molecular weight excluding hydrogens is 218 g/mol. The highest BCUT2D eigenvalue weighted by Crippen LogP contribution is 2.15. The number of hydrogen-bond acceptors (Lipinski definition) is 6. The summed E-state index contributed by atoms with van der Waals surface area (Å²) in [4.78, 5) is 44.0. The van der Waals surface area contributed by atoms with Crippen LogP contribution in [0.4, 0.5) is 4.79 Å². The van der Waals surface area contributed by atoms with Crippen LogP contribution in [0.3, 0.4) is 0 Å². The van der Waals surface area contributed by atoms with Gasteiger partial charge in [-0.05, 0) is 6.92 Å². The summed E-state index contributed by atoms with van der Waals surface area (Å²) >= 11 is 0. The molecule has 1 aliphatic heterocycles. The van der Waals surface area contributed by atoms with E-state index >= 15 is 0 Å². The van der Waals surface area contributed by atoms with Crippen LogP contribution in [0.2, 0.25) is 0 Å². The van der Waals surface area contributed by atoms with Gasteiger partial charge in [-0.3, -0.25) is 9.59 Å². The number of nitrogens with zero attached hydrogens (tertiary/aromatic N) is 3. The van der Waals surface area contributed by atoms with Crippen molar-refractivity contribution in [1.82, 2.24) is 10.1 Å². The van der Waals surface area contributed by atoms with E-state index in [1.165, 1.54) is 6.92 Å². The number of carbonyl (C=O) groups is 3. The number of hydrazone groups is 1. The van der Waals surface area contributed by atoms with E-state index in [0.29, 0.717) is 5.01 Å². The van der Waals surface area contributed by atoms with Crippen LogP contribution in [0.15, 0.2) is 5.10 Å². The largest absolute Gasteiger partial charge is 0.451 e. The second-order valence-electron chi connectivity index (χ2n) is 2.78. The first kappa shape index (κ1) is 11.9. The van der Waals surface area contributed by atoms with E-state index in [0.717, 1.165) is 6.08 Å². The van der Waals surface area contributed by atoms with E-state index in [9.17, 15) is 19.2 Å². The molecule has 0 bridgehead atoms. The van der Waals surface area contributed by atoms with Crippen LogP contribution >= 0.6 is 0 Å². The topological polar surface area (TPSA) is 96.3 Å². The number of carbonyl (C=O) groups excluding carboxylic acids is 4. The standard InChI is InChI=1S/C8H9N3O5/c1-2-16-8(15)11(9-5-12)10-6(13)3-4-7(10)14/h2-4H2,1H3. The Kier molecular flexibility index (Phi) is 3.73. The molecule has 0 unspecified atom stereocenters. The number of imide groups is 1. The molecule has 0 radical (unpaired) electrons. The SMILES string of the molecule is CCOC(=O)N(N=C=O)N1C(=O)CCC1=O. The van der Waals surface area contributed by atoms with E-state index in [1.54, 1.807) is 0 Å². The number of rotatable bonds is 3. The summed E-state index contributed by atoms with van der Waals surface area (Å²) in [5.41, 5.74) is 0. The number of hydrogen-bond donors (Lipinski definition) is 0. The Bertz CT molecular complexity index is 358. The van der Waals surface area contributed by atoms with E-state index in [1.807, 2.05) is 0 Å². The lowest BCUT2D eigenvalue weighted by Crippen LogP contribution is -2.46. The van der Waals surface area contributed by atoms with Crippen molar-refractivity contribution < 1.29 is 23.9 Å². The van der Waals surface area contributed by atoms with Gasteiger partial charge in [-0.25, -0.2) is 9.59 Å². The summed E-state index contributed by atoms with van der Waals surface area (Å²) in [7, 11) is 0. The normalized spacial score (nSPS) is 14.7. The molecule has 0 aliphatic carbocycles. The van der Waals surface area contributed by atoms with Crippen LogP contribution in [0.5, 0.6) is 0 Å². The maximum Gasteiger partial charge on any atom is 0.451 e. The molecule has 86 valence electrons. The molecule has 3 amide bonds. The maximum atomic E-state index is 11.3. The minimum atomic E-state index is -1.07. The summed E-state index contributed by atoms with van der Waals surface area (Å²) in [6.45, 7) is 1.56. The fraction of sp³-hybridized carbons (Fsp3) is 0.500. The lowest BCUT2D eigenvalue weighted by molar-refractivity contribution is -0.154. The molecule has 0 aromatic heterocycles. The van der Waals surface area contributed by atoms with Gasteiger partial charge in [0, 0.05) is 12.8 Å². The van der Waals surface area contributed by atoms with Crippen LogP contribution in [0, 0.1) is 0 Å². The molecule has 0 atom stereocenters. The first-order chi connectivity index (χ1) is 7.61. The highest BCUT2D eigenvalue weighted by atomic mass is 16.6. The van der Waals surface area contributed by atoms with Gasteiger partial charge in [0.2, 0.25) is 0 Å². The highest BCUT2D eigenvalue weighted by Gasteiger charge is 2.38. The van der Waals surface area contributed by atoms with Crippen molar-refractivity contribution in [2.75, 3.05) is 6.61 Å². The zero-order chi connectivity index (χ0) is 12.1. The van der Waals surface area contributed by atoms with Gasteiger partial charge in [-0.2, -0.15) is 5.01 Å². The molecule has 16 heavy (non-hydrogen) atoms. The first-order valence-corrected chi connectivity index (χ1v) is 4.52. The number of ether oxygens (including phenoxy) is 1. The predicted molar refractivity (Wildman–Crippen MR) is 48.1 cm³/mol. The molecule has 1 saturated heterocycles. The fourth-order valence-electron chi connectivity index (χ4n) is 1.16. The number of hydrazine groups is 1. The second-order valence-corrected chi connectivity index (χ2v) is 2.78. The van der Waals surface area contributed by atoms with Gasteiger partial charge in [0.25, 0.3) is 17.9 Å². The molecule has 1 fully saturated rings. The van der Waals surface area contributed by atoms with Gasteiger partial charge in [0.15, 0.2) is 0 Å². The summed E-state index contributed by atoms with van der Waals surface area (Å²) < 4.78 is 4.53. The summed E-state index contributed by atoms with van der Waals surface area (Å²) in [5.74, 6) is -1.23. The highest BCUT2D eigenvalue weighted by molar-refractivity contribution is 6.02. The monoisotopic (exact) mass is 227 g/mol. The van der Waals surface area contributed by atoms with Crippen LogP contribution in [0.1, 0.15) is 19.8 Å². The molecule has 1 heterocycles. The quantitative estimate of drug-likeness (QED) is 0.287. The van der Waals surface area contributed by atoms with Gasteiger partial charge in [-0.1, -0.05) is 10.2 Å². The van der Waals surface area contributed by atoms with Gasteiger partial charge in [0.1, 0.15) is 0 Å². The average Bonchev–Trinajstić information content (AvgIpc) is 2.56. The molecule has 0 N–H and O–H groups in total. The summed E-state index contributed by atoms with van der Waals surface area (Å²) in [5, 5.41) is 3.72. The van der Waals surface area contributed by atoms with E-state index in [-0.39, 0.29) is 24.6 Å². The van der Waals surface area contributed by atoms with Crippen molar-refractivity contribution in [3.63, 3.8) is 0 Å². The zero-order valence-corrected chi connectivity index (χ0v) is 8.50. The Hall–Kier alpha value is -2.21. The third-order valence-electron chi connectivity index (χ3n) is 1.78. The van der Waals surface area contributed by atoms with Crippen molar-refractivity contribution >= 4 is 24.0 Å². The van der Waals surface area contributed by atoms with E-state index < -0.39 is 17.9 Å². The average molecular weight is 227 g/mol. The smallest absolute Gasteiger partial charge is 0.447 e. The fourth-order valence-corrected chi connectivity index (χ4v) is 1.16. The Balaban J connectivity index is 2.92. The molecule has 0 aromatic carbocycles. The number of isocyanates is 1. The van der Waals surface area contributed by atoms with Crippen LogP contribution in [0.25, 0.3) is 0 Å².